The molecule has 0 saturated carbocycles. The van der Waals surface area contributed by atoms with E-state index in [1.165, 1.54) is 12.1 Å². The molecule has 0 aromatic heterocycles. The lowest BCUT2D eigenvalue weighted by molar-refractivity contribution is -0.144. The first-order chi connectivity index (χ1) is 11.6. The summed E-state index contributed by atoms with van der Waals surface area (Å²) < 4.78 is 17.9. The SMILES string of the molecule is C#CCOC(=O)[C@H](Cc1ccc(F)cc1)NC(=O)c1ccccc1. The third-order valence-corrected chi connectivity index (χ3v) is 3.28. The molecule has 2 aromatic rings. The number of ether oxygens (including phenoxy) is 1. The number of amides is 1. The van der Waals surface area contributed by atoms with Crippen LogP contribution in [0.3, 0.4) is 0 Å². The maximum Gasteiger partial charge on any atom is 0.329 e. The molecule has 0 aliphatic carbocycles. The van der Waals surface area contributed by atoms with Crippen molar-refractivity contribution in [2.45, 2.75) is 12.5 Å². The van der Waals surface area contributed by atoms with E-state index in [4.69, 9.17) is 11.2 Å². The van der Waals surface area contributed by atoms with Crippen molar-refractivity contribution in [3.63, 3.8) is 0 Å². The Hall–Kier alpha value is -3.13. The number of terminal acetylenes is 1. The van der Waals surface area contributed by atoms with Gasteiger partial charge in [-0.1, -0.05) is 36.3 Å². The van der Waals surface area contributed by atoms with Gasteiger partial charge in [0, 0.05) is 12.0 Å². The summed E-state index contributed by atoms with van der Waals surface area (Å²) >= 11 is 0. The van der Waals surface area contributed by atoms with Crippen LogP contribution in [0.1, 0.15) is 15.9 Å². The molecule has 2 aromatic carbocycles. The first-order valence-corrected chi connectivity index (χ1v) is 7.30. The Bertz CT molecular complexity index is 735. The van der Waals surface area contributed by atoms with E-state index >= 15 is 0 Å². The maximum absolute atomic E-state index is 13.0. The largest absolute Gasteiger partial charge is 0.451 e. The summed E-state index contributed by atoms with van der Waals surface area (Å²) in [7, 11) is 0. The van der Waals surface area contributed by atoms with Crippen LogP contribution < -0.4 is 5.32 Å². The predicted molar refractivity (Wildman–Crippen MR) is 87.6 cm³/mol. The molecule has 0 unspecified atom stereocenters. The van der Waals surface area contributed by atoms with Gasteiger partial charge in [0.05, 0.1) is 0 Å². The summed E-state index contributed by atoms with van der Waals surface area (Å²) in [6, 6.07) is 13.3. The summed E-state index contributed by atoms with van der Waals surface area (Å²) in [6.07, 6.45) is 5.25. The van der Waals surface area contributed by atoms with E-state index in [1.807, 2.05) is 0 Å². The standard InChI is InChI=1S/C19H16FNO3/c1-2-12-24-19(23)17(13-14-8-10-16(20)11-9-14)21-18(22)15-6-4-3-5-7-15/h1,3-11,17H,12-13H2,(H,21,22)/t17-/m0/s1. The fourth-order valence-corrected chi connectivity index (χ4v) is 2.09. The normalized spacial score (nSPS) is 11.2. The number of hydrogen-bond acceptors (Lipinski definition) is 3. The Labute approximate surface area is 139 Å². The average molecular weight is 325 g/mol. The summed E-state index contributed by atoms with van der Waals surface area (Å²) in [5.74, 6) is 0.788. The van der Waals surface area contributed by atoms with E-state index in [0.717, 1.165) is 0 Å². The average Bonchev–Trinajstić information content (AvgIpc) is 2.61. The number of rotatable bonds is 6. The van der Waals surface area contributed by atoms with Crippen molar-refractivity contribution in [2.75, 3.05) is 6.61 Å². The Morgan fingerprint density at radius 1 is 1.12 bits per heavy atom. The minimum Gasteiger partial charge on any atom is -0.451 e. The van der Waals surface area contributed by atoms with E-state index in [9.17, 15) is 14.0 Å². The molecule has 24 heavy (non-hydrogen) atoms. The third kappa shape index (κ3) is 4.96. The summed E-state index contributed by atoms with van der Waals surface area (Å²) in [5.41, 5.74) is 1.11. The van der Waals surface area contributed by atoms with Gasteiger partial charge in [-0.3, -0.25) is 4.79 Å². The number of halogens is 1. The highest BCUT2D eigenvalue weighted by Crippen LogP contribution is 2.08. The van der Waals surface area contributed by atoms with Gasteiger partial charge in [-0.05, 0) is 29.8 Å². The lowest BCUT2D eigenvalue weighted by Gasteiger charge is -2.17. The van der Waals surface area contributed by atoms with Crippen LogP contribution in [0.15, 0.2) is 54.6 Å². The number of esters is 1. The minimum atomic E-state index is -0.920. The van der Waals surface area contributed by atoms with Crippen LogP contribution in [-0.2, 0) is 16.0 Å². The molecule has 0 aliphatic rings. The fraction of sp³-hybridized carbons (Fsp3) is 0.158. The highest BCUT2D eigenvalue weighted by Gasteiger charge is 2.23. The molecule has 0 heterocycles. The van der Waals surface area contributed by atoms with Crippen molar-refractivity contribution in [3.8, 4) is 12.3 Å². The highest BCUT2D eigenvalue weighted by molar-refractivity contribution is 5.96. The predicted octanol–water partition coefficient (Wildman–Crippen LogP) is 2.34. The number of nitrogens with one attached hydrogen (secondary N) is 1. The van der Waals surface area contributed by atoms with Gasteiger partial charge in [0.1, 0.15) is 11.9 Å². The van der Waals surface area contributed by atoms with Gasteiger partial charge in [-0.15, -0.1) is 6.42 Å². The van der Waals surface area contributed by atoms with Crippen molar-refractivity contribution in [3.05, 3.63) is 71.5 Å². The third-order valence-electron chi connectivity index (χ3n) is 3.28. The van der Waals surface area contributed by atoms with Crippen LogP contribution in [-0.4, -0.2) is 24.5 Å². The zero-order chi connectivity index (χ0) is 17.4. The van der Waals surface area contributed by atoms with Crippen molar-refractivity contribution >= 4 is 11.9 Å². The molecule has 0 spiro atoms. The fourth-order valence-electron chi connectivity index (χ4n) is 2.09. The highest BCUT2D eigenvalue weighted by atomic mass is 19.1. The Morgan fingerprint density at radius 2 is 1.79 bits per heavy atom. The van der Waals surface area contributed by atoms with Gasteiger partial charge in [-0.2, -0.15) is 0 Å². The molecule has 1 atom stereocenters. The first-order valence-electron chi connectivity index (χ1n) is 7.30. The molecule has 0 saturated heterocycles. The Balaban J connectivity index is 2.13. The van der Waals surface area contributed by atoms with Crippen LogP contribution in [0.4, 0.5) is 4.39 Å². The van der Waals surface area contributed by atoms with E-state index < -0.39 is 17.9 Å². The number of hydrogen-bond donors (Lipinski definition) is 1. The van der Waals surface area contributed by atoms with Crippen molar-refractivity contribution < 1.29 is 18.7 Å². The van der Waals surface area contributed by atoms with Crippen LogP contribution in [0, 0.1) is 18.2 Å². The Morgan fingerprint density at radius 3 is 2.42 bits per heavy atom. The molecule has 122 valence electrons. The van der Waals surface area contributed by atoms with Crippen molar-refractivity contribution in [2.24, 2.45) is 0 Å². The second-order valence-corrected chi connectivity index (χ2v) is 5.03. The quantitative estimate of drug-likeness (QED) is 0.655. The lowest BCUT2D eigenvalue weighted by Crippen LogP contribution is -2.43. The topological polar surface area (TPSA) is 55.4 Å². The lowest BCUT2D eigenvalue weighted by atomic mass is 10.1. The molecule has 0 radical (unpaired) electrons. The maximum atomic E-state index is 13.0. The molecule has 2 rings (SSSR count). The van der Waals surface area contributed by atoms with Crippen LogP contribution >= 0.6 is 0 Å². The van der Waals surface area contributed by atoms with E-state index in [1.54, 1.807) is 42.5 Å². The summed E-state index contributed by atoms with van der Waals surface area (Å²) in [4.78, 5) is 24.4. The molecule has 0 aliphatic heterocycles. The molecule has 1 N–H and O–H groups in total. The van der Waals surface area contributed by atoms with Crippen molar-refractivity contribution in [1.82, 2.24) is 5.32 Å². The Kier molecular flexibility index (Phi) is 6.09. The van der Waals surface area contributed by atoms with Gasteiger partial charge in [0.2, 0.25) is 0 Å². The zero-order valence-corrected chi connectivity index (χ0v) is 12.9. The van der Waals surface area contributed by atoms with Crippen LogP contribution in [0.2, 0.25) is 0 Å². The minimum absolute atomic E-state index is 0.169. The number of benzene rings is 2. The summed E-state index contributed by atoms with van der Waals surface area (Å²) in [6.45, 7) is -0.181. The molecule has 0 fully saturated rings. The van der Waals surface area contributed by atoms with E-state index in [2.05, 4.69) is 11.2 Å². The van der Waals surface area contributed by atoms with Gasteiger partial charge >= 0.3 is 5.97 Å². The monoisotopic (exact) mass is 325 g/mol. The second kappa shape index (κ2) is 8.49. The van der Waals surface area contributed by atoms with E-state index in [0.29, 0.717) is 11.1 Å². The molecule has 1 amide bonds. The molecule has 0 bridgehead atoms. The number of carbonyl (C=O) groups excluding carboxylic acids is 2. The molecule has 5 heteroatoms. The zero-order valence-electron chi connectivity index (χ0n) is 12.9. The van der Waals surface area contributed by atoms with E-state index in [-0.39, 0.29) is 18.8 Å². The molecule has 4 nitrogen and oxygen atoms in total. The molecular formula is C19H16FNO3. The van der Waals surface area contributed by atoms with Crippen LogP contribution in [0.25, 0.3) is 0 Å². The van der Waals surface area contributed by atoms with Crippen LogP contribution in [0.5, 0.6) is 0 Å². The van der Waals surface area contributed by atoms with Crippen molar-refractivity contribution in [1.29, 1.82) is 0 Å². The smallest absolute Gasteiger partial charge is 0.329 e. The molecular weight excluding hydrogens is 309 g/mol. The second-order valence-electron chi connectivity index (χ2n) is 5.03. The van der Waals surface area contributed by atoms with Gasteiger partial charge in [0.25, 0.3) is 5.91 Å². The van der Waals surface area contributed by atoms with Gasteiger partial charge in [-0.25, -0.2) is 9.18 Å². The van der Waals surface area contributed by atoms with Gasteiger partial charge < -0.3 is 10.1 Å². The summed E-state index contributed by atoms with van der Waals surface area (Å²) in [5, 5.41) is 2.63. The number of carbonyl (C=O) groups is 2. The van der Waals surface area contributed by atoms with Gasteiger partial charge in [0.15, 0.2) is 6.61 Å². The first kappa shape index (κ1) is 17.2.